The summed E-state index contributed by atoms with van der Waals surface area (Å²) in [5.74, 6) is -0.503. The SMILES string of the molecule is CCNc1ccc(C(=N)N)cc1F. The van der Waals surface area contributed by atoms with Gasteiger partial charge in [-0.15, -0.1) is 0 Å². The van der Waals surface area contributed by atoms with Gasteiger partial charge in [-0.2, -0.15) is 0 Å². The Kier molecular flexibility index (Phi) is 2.84. The molecule has 0 saturated carbocycles. The Morgan fingerprint density at radius 2 is 2.31 bits per heavy atom. The molecule has 0 bridgehead atoms. The summed E-state index contributed by atoms with van der Waals surface area (Å²) in [6.07, 6.45) is 0. The van der Waals surface area contributed by atoms with E-state index in [2.05, 4.69) is 5.32 Å². The maximum absolute atomic E-state index is 13.2. The molecule has 0 aliphatic rings. The third-order valence-electron chi connectivity index (χ3n) is 1.65. The van der Waals surface area contributed by atoms with Crippen molar-refractivity contribution in [1.82, 2.24) is 0 Å². The number of hydrogen-bond acceptors (Lipinski definition) is 2. The molecule has 0 radical (unpaired) electrons. The van der Waals surface area contributed by atoms with E-state index in [9.17, 15) is 4.39 Å². The second-order valence-electron chi connectivity index (χ2n) is 2.64. The molecule has 0 unspecified atom stereocenters. The van der Waals surface area contributed by atoms with Crippen molar-refractivity contribution in [3.63, 3.8) is 0 Å². The molecule has 4 heteroatoms. The van der Waals surface area contributed by atoms with Crippen LogP contribution in [-0.2, 0) is 0 Å². The van der Waals surface area contributed by atoms with E-state index >= 15 is 0 Å². The normalized spacial score (nSPS) is 9.69. The van der Waals surface area contributed by atoms with Crippen LogP contribution in [0.5, 0.6) is 0 Å². The highest BCUT2D eigenvalue weighted by molar-refractivity contribution is 5.95. The van der Waals surface area contributed by atoms with Crippen molar-refractivity contribution in [2.45, 2.75) is 6.92 Å². The van der Waals surface area contributed by atoms with Gasteiger partial charge in [-0.1, -0.05) is 0 Å². The lowest BCUT2D eigenvalue weighted by molar-refractivity contribution is 0.630. The van der Waals surface area contributed by atoms with Gasteiger partial charge in [0, 0.05) is 12.1 Å². The number of nitrogens with two attached hydrogens (primary N) is 1. The Hall–Kier alpha value is -1.58. The standard InChI is InChI=1S/C9H12FN3/c1-2-13-8-4-3-6(9(11)12)5-7(8)10/h3-5,13H,2H2,1H3,(H3,11,12). The van der Waals surface area contributed by atoms with Crippen LogP contribution in [0.4, 0.5) is 10.1 Å². The van der Waals surface area contributed by atoms with Crippen LogP contribution in [-0.4, -0.2) is 12.4 Å². The minimum Gasteiger partial charge on any atom is -0.384 e. The summed E-state index contributed by atoms with van der Waals surface area (Å²) in [6, 6.07) is 4.44. The Balaban J connectivity index is 2.98. The average molecular weight is 181 g/mol. The van der Waals surface area contributed by atoms with E-state index in [1.54, 1.807) is 12.1 Å². The number of amidine groups is 1. The van der Waals surface area contributed by atoms with Crippen LogP contribution < -0.4 is 11.1 Å². The molecule has 0 aliphatic carbocycles. The van der Waals surface area contributed by atoms with Crippen molar-refractivity contribution in [2.75, 3.05) is 11.9 Å². The number of rotatable bonds is 3. The largest absolute Gasteiger partial charge is 0.384 e. The molecule has 0 saturated heterocycles. The summed E-state index contributed by atoms with van der Waals surface area (Å²) in [7, 11) is 0. The Morgan fingerprint density at radius 1 is 1.62 bits per heavy atom. The molecule has 1 rings (SSSR count). The van der Waals surface area contributed by atoms with Crippen LogP contribution in [0.2, 0.25) is 0 Å². The zero-order valence-electron chi connectivity index (χ0n) is 7.39. The number of hydrogen-bond donors (Lipinski definition) is 3. The smallest absolute Gasteiger partial charge is 0.147 e. The zero-order valence-corrected chi connectivity index (χ0v) is 7.39. The van der Waals surface area contributed by atoms with Gasteiger partial charge in [0.15, 0.2) is 0 Å². The van der Waals surface area contributed by atoms with Gasteiger partial charge in [-0.05, 0) is 25.1 Å². The fraction of sp³-hybridized carbons (Fsp3) is 0.222. The third kappa shape index (κ3) is 2.18. The van der Waals surface area contributed by atoms with E-state index in [0.29, 0.717) is 17.8 Å². The number of anilines is 1. The lowest BCUT2D eigenvalue weighted by Gasteiger charge is -2.05. The monoisotopic (exact) mass is 181 g/mol. The molecule has 0 heterocycles. The molecular formula is C9H12FN3. The predicted molar refractivity (Wildman–Crippen MR) is 51.6 cm³/mol. The zero-order chi connectivity index (χ0) is 9.84. The second-order valence-corrected chi connectivity index (χ2v) is 2.64. The molecule has 1 aromatic carbocycles. The molecule has 0 fully saturated rings. The maximum Gasteiger partial charge on any atom is 0.147 e. The van der Waals surface area contributed by atoms with Crippen LogP contribution in [0.1, 0.15) is 12.5 Å². The molecule has 0 spiro atoms. The fourth-order valence-corrected chi connectivity index (χ4v) is 1.02. The van der Waals surface area contributed by atoms with Gasteiger partial charge < -0.3 is 11.1 Å². The summed E-state index contributed by atoms with van der Waals surface area (Å²) in [5.41, 5.74) is 6.04. The van der Waals surface area contributed by atoms with E-state index in [0.717, 1.165) is 0 Å². The Labute approximate surface area is 76.3 Å². The van der Waals surface area contributed by atoms with Crippen molar-refractivity contribution in [2.24, 2.45) is 5.73 Å². The topological polar surface area (TPSA) is 61.9 Å². The summed E-state index contributed by atoms with van der Waals surface area (Å²) in [5, 5.41) is 9.95. The first-order chi connectivity index (χ1) is 6.15. The highest BCUT2D eigenvalue weighted by Gasteiger charge is 2.03. The summed E-state index contributed by atoms with van der Waals surface area (Å²) in [6.45, 7) is 2.55. The minimum atomic E-state index is -0.380. The number of halogens is 1. The lowest BCUT2D eigenvalue weighted by atomic mass is 10.2. The predicted octanol–water partition coefficient (Wildman–Crippen LogP) is 1.54. The minimum absolute atomic E-state index is 0.123. The van der Waals surface area contributed by atoms with Gasteiger partial charge in [0.25, 0.3) is 0 Å². The third-order valence-corrected chi connectivity index (χ3v) is 1.65. The number of benzene rings is 1. The quantitative estimate of drug-likeness (QED) is 0.489. The van der Waals surface area contributed by atoms with E-state index in [4.69, 9.17) is 11.1 Å². The van der Waals surface area contributed by atoms with E-state index in [1.165, 1.54) is 6.07 Å². The van der Waals surface area contributed by atoms with Crippen molar-refractivity contribution in [3.8, 4) is 0 Å². The molecule has 0 aromatic heterocycles. The maximum atomic E-state index is 13.2. The van der Waals surface area contributed by atoms with Crippen LogP contribution in [0.25, 0.3) is 0 Å². The first-order valence-corrected chi connectivity index (χ1v) is 4.03. The average Bonchev–Trinajstić information content (AvgIpc) is 2.08. The van der Waals surface area contributed by atoms with Crippen molar-refractivity contribution in [1.29, 1.82) is 5.41 Å². The summed E-state index contributed by atoms with van der Waals surface area (Å²) in [4.78, 5) is 0. The fourth-order valence-electron chi connectivity index (χ4n) is 1.02. The molecule has 0 aliphatic heterocycles. The summed E-state index contributed by atoms with van der Waals surface area (Å²) < 4.78 is 13.2. The van der Waals surface area contributed by atoms with E-state index in [-0.39, 0.29) is 11.7 Å². The second kappa shape index (κ2) is 3.89. The van der Waals surface area contributed by atoms with E-state index in [1.807, 2.05) is 6.92 Å². The van der Waals surface area contributed by atoms with E-state index < -0.39 is 0 Å². The Morgan fingerprint density at radius 3 is 2.77 bits per heavy atom. The first kappa shape index (κ1) is 9.51. The van der Waals surface area contributed by atoms with Gasteiger partial charge in [0.05, 0.1) is 5.69 Å². The molecule has 3 nitrogen and oxygen atoms in total. The molecule has 1 aromatic rings. The Bertz CT molecular complexity index is 323. The number of nitrogen functional groups attached to an aromatic ring is 1. The van der Waals surface area contributed by atoms with Crippen LogP contribution in [0, 0.1) is 11.2 Å². The van der Waals surface area contributed by atoms with Gasteiger partial charge in [0.2, 0.25) is 0 Å². The van der Waals surface area contributed by atoms with Gasteiger partial charge in [-0.3, -0.25) is 5.41 Å². The highest BCUT2D eigenvalue weighted by Crippen LogP contribution is 2.14. The van der Waals surface area contributed by atoms with Crippen LogP contribution in [0.3, 0.4) is 0 Å². The highest BCUT2D eigenvalue weighted by atomic mass is 19.1. The molecule has 0 amide bonds. The lowest BCUT2D eigenvalue weighted by Crippen LogP contribution is -2.11. The number of nitrogens with one attached hydrogen (secondary N) is 2. The van der Waals surface area contributed by atoms with Gasteiger partial charge in [0.1, 0.15) is 11.7 Å². The van der Waals surface area contributed by atoms with Crippen LogP contribution in [0.15, 0.2) is 18.2 Å². The molecule has 4 N–H and O–H groups in total. The van der Waals surface area contributed by atoms with Crippen LogP contribution >= 0.6 is 0 Å². The molecule has 13 heavy (non-hydrogen) atoms. The van der Waals surface area contributed by atoms with Gasteiger partial charge in [-0.25, -0.2) is 4.39 Å². The van der Waals surface area contributed by atoms with Crippen molar-refractivity contribution < 1.29 is 4.39 Å². The van der Waals surface area contributed by atoms with Gasteiger partial charge >= 0.3 is 0 Å². The van der Waals surface area contributed by atoms with Crippen molar-refractivity contribution in [3.05, 3.63) is 29.6 Å². The molecular weight excluding hydrogens is 169 g/mol. The molecule has 70 valence electrons. The molecule has 0 atom stereocenters. The first-order valence-electron chi connectivity index (χ1n) is 4.03. The summed E-state index contributed by atoms with van der Waals surface area (Å²) >= 11 is 0. The van der Waals surface area contributed by atoms with Crippen molar-refractivity contribution >= 4 is 11.5 Å².